The van der Waals surface area contributed by atoms with Crippen molar-refractivity contribution in [3.63, 3.8) is 0 Å². The van der Waals surface area contributed by atoms with Crippen LogP contribution in [0.4, 0.5) is 34.1 Å². The first-order chi connectivity index (χ1) is 29.3. The third-order valence-corrected chi connectivity index (χ3v) is 11.0. The van der Waals surface area contributed by atoms with Crippen LogP contribution in [0.5, 0.6) is 23.0 Å². The third kappa shape index (κ3) is 9.77. The molecule has 0 N–H and O–H groups in total. The molecular weight excluding hydrogens is 928 g/mol. The Kier molecular flexibility index (Phi) is 14.4. The number of nitro groups is 2. The van der Waals surface area contributed by atoms with E-state index < -0.39 is 74.2 Å². The zero-order valence-corrected chi connectivity index (χ0v) is 37.1. The van der Waals surface area contributed by atoms with Crippen molar-refractivity contribution in [3.05, 3.63) is 142 Å². The summed E-state index contributed by atoms with van der Waals surface area (Å²) < 4.78 is 69.6. The number of rotatable bonds is 8. The number of hydrogen-bond donors (Lipinski definition) is 0. The average Bonchev–Trinajstić information content (AvgIpc) is 3.22. The molecule has 0 aliphatic heterocycles. The first-order valence-electron chi connectivity index (χ1n) is 17.3. The van der Waals surface area contributed by atoms with Crippen LogP contribution in [-0.4, -0.2) is 35.8 Å². The molecule has 0 aliphatic carbocycles. The summed E-state index contributed by atoms with van der Waals surface area (Å²) in [5.74, 6) is -2.78. The van der Waals surface area contributed by atoms with Crippen molar-refractivity contribution in [2.75, 3.05) is 0 Å². The van der Waals surface area contributed by atoms with E-state index in [-0.39, 0.29) is 91.2 Å². The van der Waals surface area contributed by atoms with Gasteiger partial charge in [0, 0.05) is 56.6 Å². The van der Waals surface area contributed by atoms with Crippen molar-refractivity contribution in [3.8, 4) is 23.0 Å². The second-order valence-corrected chi connectivity index (χ2v) is 15.7. The molecule has 1 radical (unpaired) electrons. The molecule has 8 aromatic carbocycles. The second-order valence-electron chi connectivity index (χ2n) is 13.0. The zero-order valence-electron chi connectivity index (χ0n) is 32.2. The molecule has 315 valence electrons. The Labute approximate surface area is 392 Å². The van der Waals surface area contributed by atoms with Crippen LogP contribution in [0.15, 0.2) is 152 Å². The van der Waals surface area contributed by atoms with Crippen molar-refractivity contribution in [2.45, 2.75) is 9.79 Å². The predicted molar refractivity (Wildman–Crippen MR) is 211 cm³/mol. The maximum Gasteiger partial charge on any atom is 3.00 e. The number of benzene rings is 8. The number of non-ortho nitro benzene ring substituents is 2. The first kappa shape index (κ1) is 48.4. The molecule has 0 amide bonds. The number of nitrogens with zero attached hydrogens (tertiary/aromatic N) is 6. The molecule has 0 saturated carbocycles. The van der Waals surface area contributed by atoms with Gasteiger partial charge in [0.05, 0.1) is 42.4 Å². The number of fused-ring (bicyclic) bond motifs is 4. The quantitative estimate of drug-likeness (QED) is 0.0689. The van der Waals surface area contributed by atoms with Gasteiger partial charge in [-0.1, -0.05) is 95.8 Å². The van der Waals surface area contributed by atoms with Crippen LogP contribution in [0, 0.1) is 20.2 Å². The summed E-state index contributed by atoms with van der Waals surface area (Å²) in [6.45, 7) is 0. The van der Waals surface area contributed by atoms with Crippen molar-refractivity contribution < 1.29 is 103 Å². The normalized spacial score (nSPS) is 11.7. The van der Waals surface area contributed by atoms with E-state index in [0.717, 1.165) is 36.4 Å². The van der Waals surface area contributed by atoms with Crippen LogP contribution in [0.25, 0.3) is 43.1 Å². The van der Waals surface area contributed by atoms with Gasteiger partial charge in [0.2, 0.25) is 0 Å². The van der Waals surface area contributed by atoms with Gasteiger partial charge in [-0.15, -0.1) is 0 Å². The molecule has 0 spiro atoms. The van der Waals surface area contributed by atoms with E-state index in [1.54, 1.807) is 60.7 Å². The molecule has 0 bridgehead atoms. The summed E-state index contributed by atoms with van der Waals surface area (Å²) in [5.41, 5.74) is -1.74. The Balaban J connectivity index is 0.000000234. The topological polar surface area (TPSA) is 342 Å². The zero-order chi connectivity index (χ0) is 44.7. The molecular formula is C40H20CrN6NaO14S2-2. The summed E-state index contributed by atoms with van der Waals surface area (Å²) in [7, 11) is -10.2. The molecule has 0 aromatic heterocycles. The largest absolute Gasteiger partial charge is 3.00 e. The van der Waals surface area contributed by atoms with E-state index >= 15 is 0 Å². The van der Waals surface area contributed by atoms with Crippen LogP contribution in [0.3, 0.4) is 0 Å². The summed E-state index contributed by atoms with van der Waals surface area (Å²) in [6, 6.07) is 26.7. The third-order valence-electron chi connectivity index (χ3n) is 9.23. The van der Waals surface area contributed by atoms with Gasteiger partial charge in [0.25, 0.3) is 11.4 Å². The van der Waals surface area contributed by atoms with Gasteiger partial charge >= 0.3 is 46.9 Å². The molecule has 0 fully saturated rings. The van der Waals surface area contributed by atoms with E-state index in [0.29, 0.717) is 33.7 Å². The van der Waals surface area contributed by atoms with Crippen LogP contribution in [0.2, 0.25) is 0 Å². The minimum Gasteiger partial charge on any atom is -0.871 e. The molecule has 0 saturated heterocycles. The van der Waals surface area contributed by atoms with Crippen molar-refractivity contribution in [1.29, 1.82) is 0 Å². The fourth-order valence-electron chi connectivity index (χ4n) is 6.40. The summed E-state index contributed by atoms with van der Waals surface area (Å²) in [5, 5.41) is 88.8. The Morgan fingerprint density at radius 1 is 0.406 bits per heavy atom. The summed E-state index contributed by atoms with van der Waals surface area (Å²) in [6.07, 6.45) is 0. The summed E-state index contributed by atoms with van der Waals surface area (Å²) in [4.78, 5) is 18.8. The Morgan fingerprint density at radius 2 is 0.734 bits per heavy atom. The van der Waals surface area contributed by atoms with Crippen molar-refractivity contribution in [2.24, 2.45) is 20.5 Å². The van der Waals surface area contributed by atoms with Gasteiger partial charge in [-0.2, -0.15) is 20.5 Å². The Hall–Kier alpha value is -6.65. The van der Waals surface area contributed by atoms with Crippen LogP contribution >= 0.6 is 0 Å². The van der Waals surface area contributed by atoms with Gasteiger partial charge in [-0.3, -0.25) is 20.2 Å². The molecule has 64 heavy (non-hydrogen) atoms. The standard InChI is InChI=1S/2C20H13N3O7S.Cr.Na/c2*24-16-8-5-11-3-1-2-4-13(11)19(16)21-22-20-14-7-6-12(23(26)27)9-15(14)18(10-17(20)25)31(28,29)30;;/h2*1-10,24-25H,(H,28,29,30);;/q;;+3;+1/p-6. The van der Waals surface area contributed by atoms with Gasteiger partial charge in [0.1, 0.15) is 20.2 Å². The maximum absolute atomic E-state index is 12.5. The SMILES string of the molecule is O=[N+]([O-])c1ccc2c(N=Nc3c([O-])ccc4ccccc34)c([O-])cc(S(=O)(=O)[O-])c2c1.O=[N+]([O-])c1ccc2c(N=Nc3c([O-])ccc4ccccc34)c([O-])cc(S(=O)(=O)[O-])c2c1.[Cr+3].[Na+]. The van der Waals surface area contributed by atoms with E-state index in [1.807, 2.05) is 0 Å². The maximum atomic E-state index is 12.5. The van der Waals surface area contributed by atoms with Gasteiger partial charge in [-0.25, -0.2) is 16.8 Å². The van der Waals surface area contributed by atoms with E-state index in [2.05, 4.69) is 20.5 Å². The molecule has 0 heterocycles. The first-order valence-corrected chi connectivity index (χ1v) is 20.1. The van der Waals surface area contributed by atoms with E-state index in [1.165, 1.54) is 12.1 Å². The van der Waals surface area contributed by atoms with Gasteiger partial charge < -0.3 is 29.5 Å². The molecule has 8 rings (SSSR count). The number of hydrogen-bond acceptors (Lipinski definition) is 18. The predicted octanol–water partition coefficient (Wildman–Crippen LogP) is 3.74. The van der Waals surface area contributed by atoms with Crippen LogP contribution in [-0.2, 0) is 37.6 Å². The smallest absolute Gasteiger partial charge is 0.871 e. The monoisotopic (exact) mass is 947 g/mol. The van der Waals surface area contributed by atoms with Crippen LogP contribution < -0.4 is 50.0 Å². The average molecular weight is 948 g/mol. The molecule has 0 unspecified atom stereocenters. The van der Waals surface area contributed by atoms with Gasteiger partial charge in [0.15, 0.2) is 0 Å². The van der Waals surface area contributed by atoms with Gasteiger partial charge in [-0.05, 0) is 35.0 Å². The summed E-state index contributed by atoms with van der Waals surface area (Å²) >= 11 is 0. The van der Waals surface area contributed by atoms with E-state index in [4.69, 9.17) is 0 Å². The van der Waals surface area contributed by atoms with E-state index in [9.17, 15) is 66.6 Å². The van der Waals surface area contributed by atoms with Crippen molar-refractivity contribution >= 4 is 97.5 Å². The molecule has 24 heteroatoms. The minimum atomic E-state index is -5.11. The molecule has 20 nitrogen and oxygen atoms in total. The second kappa shape index (κ2) is 19.0. The molecule has 8 aromatic rings. The minimum absolute atomic E-state index is 0. The fourth-order valence-corrected chi connectivity index (χ4v) is 7.78. The fraction of sp³-hybridized carbons (Fsp3) is 0. The number of azo groups is 2. The molecule has 0 atom stereocenters. The van der Waals surface area contributed by atoms with Crippen molar-refractivity contribution in [1.82, 2.24) is 0 Å². The van der Waals surface area contributed by atoms with Crippen LogP contribution in [0.1, 0.15) is 0 Å². The Bertz CT molecular complexity index is 3270. The molecule has 0 aliphatic rings. The number of nitro benzene ring substituents is 2. The Morgan fingerprint density at radius 3 is 1.06 bits per heavy atom.